The number of benzene rings is 1. The van der Waals surface area contributed by atoms with Crippen molar-refractivity contribution in [2.75, 3.05) is 0 Å². The Labute approximate surface area is 89.6 Å². The number of hydrogen-bond acceptors (Lipinski definition) is 1. The molecule has 2 rings (SSSR count). The van der Waals surface area contributed by atoms with Gasteiger partial charge in [-0.25, -0.2) is 0 Å². The van der Waals surface area contributed by atoms with Crippen molar-refractivity contribution >= 4 is 11.4 Å². The van der Waals surface area contributed by atoms with E-state index in [0.717, 1.165) is 18.4 Å². The molecule has 0 fully saturated rings. The number of rotatable bonds is 2. The molecule has 15 heavy (non-hydrogen) atoms. The van der Waals surface area contributed by atoms with Gasteiger partial charge in [0.1, 0.15) is 5.84 Å². The minimum Gasteiger partial charge on any atom is -0.384 e. The Morgan fingerprint density at radius 3 is 2.33 bits per heavy atom. The van der Waals surface area contributed by atoms with E-state index in [2.05, 4.69) is 18.2 Å². The Bertz CT molecular complexity index is 427. The van der Waals surface area contributed by atoms with Crippen molar-refractivity contribution in [1.29, 1.82) is 5.41 Å². The van der Waals surface area contributed by atoms with E-state index < -0.39 is 0 Å². The molecule has 0 radical (unpaired) electrons. The predicted molar refractivity (Wildman–Crippen MR) is 63.7 cm³/mol. The molecule has 0 spiro atoms. The number of nitrogens with one attached hydrogen (secondary N) is 1. The minimum atomic E-state index is 0.193. The van der Waals surface area contributed by atoms with Crippen molar-refractivity contribution in [3.05, 3.63) is 53.6 Å². The van der Waals surface area contributed by atoms with E-state index >= 15 is 0 Å². The highest BCUT2D eigenvalue weighted by molar-refractivity contribution is 5.95. The third kappa shape index (κ3) is 2.15. The third-order valence-corrected chi connectivity index (χ3v) is 2.64. The molecule has 0 aromatic heterocycles. The Balaban J connectivity index is 2.25. The first kappa shape index (κ1) is 9.71. The lowest BCUT2D eigenvalue weighted by atomic mass is 9.93. The van der Waals surface area contributed by atoms with E-state index in [1.54, 1.807) is 0 Å². The van der Waals surface area contributed by atoms with Gasteiger partial charge < -0.3 is 5.73 Å². The predicted octanol–water partition coefficient (Wildman–Crippen LogP) is 2.73. The maximum Gasteiger partial charge on any atom is 0.118 e. The summed E-state index contributed by atoms with van der Waals surface area (Å²) in [5.41, 5.74) is 8.96. The normalized spacial score (nSPS) is 15.5. The lowest BCUT2D eigenvalue weighted by Gasteiger charge is -2.13. The lowest BCUT2D eigenvalue weighted by Crippen LogP contribution is -2.14. The molecule has 0 unspecified atom stereocenters. The average molecular weight is 198 g/mol. The van der Waals surface area contributed by atoms with Crippen LogP contribution in [-0.4, -0.2) is 5.84 Å². The van der Waals surface area contributed by atoms with Crippen LogP contribution in [0.2, 0.25) is 0 Å². The van der Waals surface area contributed by atoms with E-state index in [1.165, 1.54) is 11.1 Å². The van der Waals surface area contributed by atoms with Gasteiger partial charge in [-0.15, -0.1) is 0 Å². The van der Waals surface area contributed by atoms with Gasteiger partial charge in [-0.1, -0.05) is 42.5 Å². The van der Waals surface area contributed by atoms with E-state index in [4.69, 9.17) is 11.1 Å². The average Bonchev–Trinajstić information content (AvgIpc) is 2.30. The summed E-state index contributed by atoms with van der Waals surface area (Å²) in [5.74, 6) is 0.193. The molecular formula is C13H14N2. The first-order valence-electron chi connectivity index (χ1n) is 5.07. The largest absolute Gasteiger partial charge is 0.384 e. The molecule has 1 aromatic carbocycles. The van der Waals surface area contributed by atoms with Crippen LogP contribution in [0.3, 0.4) is 0 Å². The number of allylic oxidation sites excluding steroid dienone is 3. The van der Waals surface area contributed by atoms with E-state index in [9.17, 15) is 0 Å². The van der Waals surface area contributed by atoms with Gasteiger partial charge in [0.05, 0.1) is 0 Å². The molecule has 1 aromatic rings. The number of amidine groups is 1. The summed E-state index contributed by atoms with van der Waals surface area (Å²) in [6.07, 6.45) is 5.86. The zero-order valence-corrected chi connectivity index (χ0v) is 8.53. The van der Waals surface area contributed by atoms with Crippen LogP contribution in [0.1, 0.15) is 18.4 Å². The molecule has 0 heterocycles. The highest BCUT2D eigenvalue weighted by Gasteiger charge is 2.09. The summed E-state index contributed by atoms with van der Waals surface area (Å²) in [5, 5.41) is 7.34. The molecule has 76 valence electrons. The summed E-state index contributed by atoms with van der Waals surface area (Å²) in [6.45, 7) is 0. The topological polar surface area (TPSA) is 49.9 Å². The highest BCUT2D eigenvalue weighted by Crippen LogP contribution is 2.26. The number of nitrogens with two attached hydrogens (primary N) is 1. The molecule has 1 aliphatic carbocycles. The second kappa shape index (κ2) is 4.13. The van der Waals surface area contributed by atoms with Crippen LogP contribution in [0.4, 0.5) is 0 Å². The summed E-state index contributed by atoms with van der Waals surface area (Å²) in [7, 11) is 0. The zero-order valence-electron chi connectivity index (χ0n) is 8.53. The van der Waals surface area contributed by atoms with Crippen molar-refractivity contribution in [1.82, 2.24) is 0 Å². The molecule has 2 heteroatoms. The van der Waals surface area contributed by atoms with Crippen LogP contribution in [0.25, 0.3) is 5.57 Å². The van der Waals surface area contributed by atoms with Gasteiger partial charge in [-0.2, -0.15) is 0 Å². The summed E-state index contributed by atoms with van der Waals surface area (Å²) in [6, 6.07) is 10.3. The summed E-state index contributed by atoms with van der Waals surface area (Å²) in [4.78, 5) is 0. The summed E-state index contributed by atoms with van der Waals surface area (Å²) < 4.78 is 0. The SMILES string of the molecule is N=C(N)C1=CC=C(c2ccccc2)CC1. The standard InChI is InChI=1S/C13H14N2/c14-13(15)12-8-6-11(7-9-12)10-4-2-1-3-5-10/h1-6,8H,7,9H2,(H3,14,15). The van der Waals surface area contributed by atoms with Crippen molar-refractivity contribution in [3.8, 4) is 0 Å². The third-order valence-electron chi connectivity index (χ3n) is 2.64. The first-order chi connectivity index (χ1) is 7.27. The number of hydrogen-bond donors (Lipinski definition) is 2. The van der Waals surface area contributed by atoms with Crippen LogP contribution < -0.4 is 5.73 Å². The van der Waals surface area contributed by atoms with Crippen molar-refractivity contribution in [2.24, 2.45) is 5.73 Å². The van der Waals surface area contributed by atoms with Gasteiger partial charge in [0.25, 0.3) is 0 Å². The monoisotopic (exact) mass is 198 g/mol. The molecule has 3 N–H and O–H groups in total. The molecule has 0 bridgehead atoms. The second-order valence-corrected chi connectivity index (χ2v) is 3.66. The van der Waals surface area contributed by atoms with Crippen molar-refractivity contribution in [3.63, 3.8) is 0 Å². The van der Waals surface area contributed by atoms with Gasteiger partial charge in [-0.3, -0.25) is 5.41 Å². The quantitative estimate of drug-likeness (QED) is 0.557. The van der Waals surface area contributed by atoms with Gasteiger partial charge in [0.2, 0.25) is 0 Å². The van der Waals surface area contributed by atoms with Gasteiger partial charge in [0, 0.05) is 0 Å². The van der Waals surface area contributed by atoms with Gasteiger partial charge in [-0.05, 0) is 29.6 Å². The maximum atomic E-state index is 7.34. The Morgan fingerprint density at radius 1 is 1.07 bits per heavy atom. The Kier molecular flexibility index (Phi) is 2.68. The van der Waals surface area contributed by atoms with Crippen molar-refractivity contribution < 1.29 is 0 Å². The molecule has 0 atom stereocenters. The van der Waals surface area contributed by atoms with E-state index in [0.29, 0.717) is 0 Å². The highest BCUT2D eigenvalue weighted by atomic mass is 14.7. The minimum absolute atomic E-state index is 0.193. The van der Waals surface area contributed by atoms with Gasteiger partial charge >= 0.3 is 0 Å². The molecule has 0 amide bonds. The molecule has 0 saturated carbocycles. The van der Waals surface area contributed by atoms with E-state index in [1.807, 2.05) is 24.3 Å². The molecule has 1 aliphatic rings. The zero-order chi connectivity index (χ0) is 10.7. The van der Waals surface area contributed by atoms with Crippen LogP contribution in [0, 0.1) is 5.41 Å². The van der Waals surface area contributed by atoms with Gasteiger partial charge in [0.15, 0.2) is 0 Å². The molecular weight excluding hydrogens is 184 g/mol. The molecule has 2 nitrogen and oxygen atoms in total. The second-order valence-electron chi connectivity index (χ2n) is 3.66. The van der Waals surface area contributed by atoms with Crippen LogP contribution in [0.5, 0.6) is 0 Å². The molecule has 0 aliphatic heterocycles. The maximum absolute atomic E-state index is 7.34. The fraction of sp³-hybridized carbons (Fsp3) is 0.154. The molecule has 0 saturated heterocycles. The fourth-order valence-electron chi connectivity index (χ4n) is 1.75. The lowest BCUT2D eigenvalue weighted by molar-refractivity contribution is 1.01. The first-order valence-corrected chi connectivity index (χ1v) is 5.07. The Morgan fingerprint density at radius 2 is 1.80 bits per heavy atom. The van der Waals surface area contributed by atoms with Crippen LogP contribution >= 0.6 is 0 Å². The van der Waals surface area contributed by atoms with Crippen molar-refractivity contribution in [2.45, 2.75) is 12.8 Å². The summed E-state index contributed by atoms with van der Waals surface area (Å²) >= 11 is 0. The Hall–Kier alpha value is -1.83. The van der Waals surface area contributed by atoms with E-state index in [-0.39, 0.29) is 5.84 Å². The van der Waals surface area contributed by atoms with Crippen LogP contribution in [0.15, 0.2) is 48.1 Å². The van der Waals surface area contributed by atoms with Crippen LogP contribution in [-0.2, 0) is 0 Å². The smallest absolute Gasteiger partial charge is 0.118 e. The fourth-order valence-corrected chi connectivity index (χ4v) is 1.75.